The zero-order chi connectivity index (χ0) is 28.6. The molecule has 202 valence electrons. The molecular formula is C38H24N4O. The summed E-state index contributed by atoms with van der Waals surface area (Å²) < 4.78 is 6.28. The average molecular weight is 553 g/mol. The first-order valence-electron chi connectivity index (χ1n) is 14.1. The van der Waals surface area contributed by atoms with E-state index in [1.165, 1.54) is 0 Å². The Balaban J connectivity index is 1.28. The number of hydrogen-bond donors (Lipinski definition) is 0. The van der Waals surface area contributed by atoms with Gasteiger partial charge in [-0.1, -0.05) is 115 Å². The van der Waals surface area contributed by atoms with Gasteiger partial charge in [-0.25, -0.2) is 15.0 Å². The van der Waals surface area contributed by atoms with Gasteiger partial charge in [-0.15, -0.1) is 0 Å². The summed E-state index contributed by atoms with van der Waals surface area (Å²) in [7, 11) is 0. The predicted molar refractivity (Wildman–Crippen MR) is 172 cm³/mol. The molecule has 0 aliphatic carbocycles. The van der Waals surface area contributed by atoms with E-state index in [-0.39, 0.29) is 0 Å². The molecular weight excluding hydrogens is 528 g/mol. The van der Waals surface area contributed by atoms with Gasteiger partial charge in [0.1, 0.15) is 11.3 Å². The Kier molecular flexibility index (Phi) is 6.05. The van der Waals surface area contributed by atoms with Crippen LogP contribution in [0.3, 0.4) is 0 Å². The Morgan fingerprint density at radius 2 is 0.930 bits per heavy atom. The van der Waals surface area contributed by atoms with Crippen molar-refractivity contribution in [1.82, 2.24) is 19.9 Å². The van der Waals surface area contributed by atoms with Gasteiger partial charge in [0.05, 0.1) is 0 Å². The van der Waals surface area contributed by atoms with Crippen LogP contribution in [0.5, 0.6) is 0 Å². The summed E-state index contributed by atoms with van der Waals surface area (Å²) in [6, 6.07) is 46.9. The van der Waals surface area contributed by atoms with Gasteiger partial charge in [-0.2, -0.15) is 0 Å². The zero-order valence-corrected chi connectivity index (χ0v) is 23.1. The first-order chi connectivity index (χ1) is 21.3. The lowest BCUT2D eigenvalue weighted by Gasteiger charge is -2.10. The van der Waals surface area contributed by atoms with E-state index in [4.69, 9.17) is 24.4 Å². The van der Waals surface area contributed by atoms with Crippen LogP contribution >= 0.6 is 0 Å². The number of fused-ring (bicyclic) bond motifs is 3. The molecule has 43 heavy (non-hydrogen) atoms. The van der Waals surface area contributed by atoms with Gasteiger partial charge in [0.25, 0.3) is 0 Å². The van der Waals surface area contributed by atoms with Crippen LogP contribution < -0.4 is 0 Å². The average Bonchev–Trinajstić information content (AvgIpc) is 3.48. The van der Waals surface area contributed by atoms with Crippen LogP contribution in [0.1, 0.15) is 0 Å². The lowest BCUT2D eigenvalue weighted by molar-refractivity contribution is 0.668. The highest BCUT2D eigenvalue weighted by molar-refractivity contribution is 6.08. The Labute approximate surface area is 248 Å². The van der Waals surface area contributed by atoms with Crippen molar-refractivity contribution in [2.45, 2.75) is 0 Å². The Bertz CT molecular complexity index is 2240. The maximum Gasteiger partial charge on any atom is 0.164 e. The molecule has 0 atom stereocenters. The molecule has 0 saturated carbocycles. The van der Waals surface area contributed by atoms with Crippen molar-refractivity contribution in [2.24, 2.45) is 0 Å². The summed E-state index contributed by atoms with van der Waals surface area (Å²) in [4.78, 5) is 19.6. The van der Waals surface area contributed by atoms with Crippen molar-refractivity contribution in [3.8, 4) is 56.5 Å². The van der Waals surface area contributed by atoms with Gasteiger partial charge in [-0.05, 0) is 35.4 Å². The first kappa shape index (κ1) is 24.8. The molecule has 0 saturated heterocycles. The zero-order valence-electron chi connectivity index (χ0n) is 23.1. The quantitative estimate of drug-likeness (QED) is 0.213. The van der Waals surface area contributed by atoms with E-state index in [9.17, 15) is 0 Å². The third kappa shape index (κ3) is 4.63. The van der Waals surface area contributed by atoms with E-state index in [1.807, 2.05) is 109 Å². The molecule has 3 heterocycles. The van der Waals surface area contributed by atoms with Crippen molar-refractivity contribution >= 4 is 21.9 Å². The van der Waals surface area contributed by atoms with Crippen LogP contribution in [-0.2, 0) is 0 Å². The van der Waals surface area contributed by atoms with Gasteiger partial charge in [0, 0.05) is 39.2 Å². The second kappa shape index (κ2) is 10.5. The largest absolute Gasteiger partial charge is 0.454 e. The number of pyridine rings is 1. The van der Waals surface area contributed by atoms with Crippen molar-refractivity contribution in [1.29, 1.82) is 0 Å². The van der Waals surface area contributed by atoms with Crippen molar-refractivity contribution < 1.29 is 4.42 Å². The number of hydrogen-bond acceptors (Lipinski definition) is 5. The highest BCUT2D eigenvalue weighted by Gasteiger charge is 2.16. The molecule has 0 spiro atoms. The SMILES string of the molecule is c1ccc(-c2cccc(-c3nc(-c4ccccc4)nc(-c4cccc(-c5nccc6c5oc5ccccc56)c4)n3)c2)cc1. The van der Waals surface area contributed by atoms with Gasteiger partial charge < -0.3 is 4.42 Å². The van der Waals surface area contributed by atoms with Gasteiger partial charge >= 0.3 is 0 Å². The Morgan fingerprint density at radius 1 is 0.395 bits per heavy atom. The number of nitrogens with zero attached hydrogens (tertiary/aromatic N) is 4. The van der Waals surface area contributed by atoms with Crippen LogP contribution in [0, 0.1) is 0 Å². The predicted octanol–water partition coefficient (Wildman–Crippen LogP) is 9.50. The van der Waals surface area contributed by atoms with Crippen molar-refractivity contribution in [3.05, 3.63) is 146 Å². The van der Waals surface area contributed by atoms with Crippen LogP contribution in [0.4, 0.5) is 0 Å². The second-order valence-electron chi connectivity index (χ2n) is 10.3. The normalized spacial score (nSPS) is 11.3. The molecule has 5 nitrogen and oxygen atoms in total. The smallest absolute Gasteiger partial charge is 0.164 e. The van der Waals surface area contributed by atoms with Crippen LogP contribution in [0.15, 0.2) is 150 Å². The van der Waals surface area contributed by atoms with Crippen LogP contribution in [0.2, 0.25) is 0 Å². The molecule has 3 aromatic heterocycles. The lowest BCUT2D eigenvalue weighted by Crippen LogP contribution is -2.00. The second-order valence-corrected chi connectivity index (χ2v) is 10.3. The highest BCUT2D eigenvalue weighted by Crippen LogP contribution is 2.35. The monoisotopic (exact) mass is 552 g/mol. The minimum Gasteiger partial charge on any atom is -0.454 e. The maximum atomic E-state index is 6.28. The molecule has 0 fully saturated rings. The molecule has 0 aliphatic rings. The van der Waals surface area contributed by atoms with Gasteiger partial charge in [-0.3, -0.25) is 4.98 Å². The summed E-state index contributed by atoms with van der Waals surface area (Å²) in [5.41, 5.74) is 8.28. The molecule has 5 aromatic carbocycles. The topological polar surface area (TPSA) is 64.7 Å². The summed E-state index contributed by atoms with van der Waals surface area (Å²) in [6.07, 6.45) is 1.83. The summed E-state index contributed by atoms with van der Waals surface area (Å²) >= 11 is 0. The Hall–Kier alpha value is -5.94. The maximum absolute atomic E-state index is 6.28. The fraction of sp³-hybridized carbons (Fsp3) is 0. The molecule has 0 bridgehead atoms. The minimum atomic E-state index is 0.590. The molecule has 0 amide bonds. The Morgan fingerprint density at radius 3 is 1.65 bits per heavy atom. The molecule has 8 rings (SSSR count). The third-order valence-electron chi connectivity index (χ3n) is 7.58. The van der Waals surface area contributed by atoms with E-state index in [0.29, 0.717) is 17.5 Å². The number of rotatable bonds is 5. The number of furan rings is 1. The standard InChI is InChI=1S/C38H24N4O/c1-3-11-25(12-4-1)27-15-9-17-29(23-27)37-40-36(26-13-5-2-6-14-26)41-38(42-37)30-18-10-16-28(24-30)34-35-32(21-22-39-34)31-19-7-8-20-33(31)43-35/h1-24H. The molecule has 0 unspecified atom stereocenters. The van der Waals surface area contributed by atoms with E-state index in [0.717, 1.165) is 61.0 Å². The molecule has 0 N–H and O–H groups in total. The fourth-order valence-corrected chi connectivity index (χ4v) is 5.48. The third-order valence-corrected chi connectivity index (χ3v) is 7.58. The summed E-state index contributed by atoms with van der Waals surface area (Å²) in [5.74, 6) is 1.82. The van der Waals surface area contributed by atoms with E-state index < -0.39 is 0 Å². The van der Waals surface area contributed by atoms with Crippen LogP contribution in [0.25, 0.3) is 78.5 Å². The van der Waals surface area contributed by atoms with Gasteiger partial charge in [0.2, 0.25) is 0 Å². The number of aromatic nitrogens is 4. The van der Waals surface area contributed by atoms with Crippen molar-refractivity contribution in [2.75, 3.05) is 0 Å². The minimum absolute atomic E-state index is 0.590. The molecule has 5 heteroatoms. The molecule has 8 aromatic rings. The van der Waals surface area contributed by atoms with E-state index >= 15 is 0 Å². The first-order valence-corrected chi connectivity index (χ1v) is 14.1. The fourth-order valence-electron chi connectivity index (χ4n) is 5.48. The van der Waals surface area contributed by atoms with E-state index in [2.05, 4.69) is 36.4 Å². The number of para-hydroxylation sites is 1. The van der Waals surface area contributed by atoms with Crippen LogP contribution in [-0.4, -0.2) is 19.9 Å². The van der Waals surface area contributed by atoms with Crippen molar-refractivity contribution in [3.63, 3.8) is 0 Å². The molecule has 0 aliphatic heterocycles. The summed E-state index contributed by atoms with van der Waals surface area (Å²) in [5, 5.41) is 2.11. The molecule has 0 radical (unpaired) electrons. The summed E-state index contributed by atoms with van der Waals surface area (Å²) in [6.45, 7) is 0. The van der Waals surface area contributed by atoms with Gasteiger partial charge in [0.15, 0.2) is 23.1 Å². The van der Waals surface area contributed by atoms with E-state index in [1.54, 1.807) is 0 Å². The lowest BCUT2D eigenvalue weighted by atomic mass is 10.0. The highest BCUT2D eigenvalue weighted by atomic mass is 16.3. The number of benzene rings is 5.